The van der Waals surface area contributed by atoms with E-state index in [1.54, 1.807) is 39.6 Å². The fourth-order valence-electron chi connectivity index (χ4n) is 6.17. The Hall–Kier alpha value is -5.14. The Balaban J connectivity index is 0.000000279. The fraction of sp³-hybridized carbons (Fsp3) is 0.455. The predicted octanol–water partition coefficient (Wildman–Crippen LogP) is 6.30. The van der Waals surface area contributed by atoms with E-state index in [0.29, 0.717) is 11.8 Å². The molecule has 18 heteroatoms. The number of nitrogens with one attached hydrogen (secondary N) is 1. The summed E-state index contributed by atoms with van der Waals surface area (Å²) < 4.78 is 28.5. The number of H-pyrrole nitrogens is 1. The highest BCUT2D eigenvalue weighted by atomic mass is 79.9. The minimum Gasteiger partial charge on any atom is -0.481 e. The number of halogens is 1. The van der Waals surface area contributed by atoms with Crippen molar-refractivity contribution < 1.29 is 29.0 Å². The van der Waals surface area contributed by atoms with Crippen molar-refractivity contribution in [2.24, 2.45) is 21.1 Å². The third-order valence-corrected chi connectivity index (χ3v) is 10.8. The lowest BCUT2D eigenvalue weighted by Gasteiger charge is -2.32. The Morgan fingerprint density at radius 1 is 0.694 bits per heavy atom. The monoisotopic (exact) mass is 921 g/mol. The normalized spacial score (nSPS) is 13.1. The number of aryl methyl sites for hydroxylation is 6. The predicted molar refractivity (Wildman–Crippen MR) is 249 cm³/mol. The van der Waals surface area contributed by atoms with Crippen LogP contribution >= 0.6 is 15.9 Å². The summed E-state index contributed by atoms with van der Waals surface area (Å²) in [5.41, 5.74) is 11.0. The maximum atomic E-state index is 11.0. The van der Waals surface area contributed by atoms with Crippen LogP contribution in [0.25, 0.3) is 22.3 Å². The molecule has 6 aromatic rings. The van der Waals surface area contributed by atoms with Crippen molar-refractivity contribution in [1.82, 2.24) is 44.3 Å². The van der Waals surface area contributed by atoms with E-state index >= 15 is 0 Å². The highest BCUT2D eigenvalue weighted by Crippen LogP contribution is 2.37. The highest BCUT2D eigenvalue weighted by molar-refractivity contribution is 9.10. The van der Waals surface area contributed by atoms with Gasteiger partial charge in [0.2, 0.25) is 17.3 Å². The van der Waals surface area contributed by atoms with Gasteiger partial charge in [-0.2, -0.15) is 15.3 Å². The molecular weight excluding hydrogens is 857 g/mol. The molecule has 16 nitrogen and oxygen atoms in total. The number of aliphatic hydroxyl groups is 2. The SMILES string of the molecule is CCO.CO.COc1ccc(-c2c(C)nn(C)c2C)cn1.COc1ccc(Br)cn1.Cc1nn(C)c(C)c1-c1ccc(=O)[nH]c1.Cc1nn(C)c(C)c1B1OC(C)(C)C(C)(C)O1. The number of aromatic amines is 1. The van der Waals surface area contributed by atoms with Crippen molar-refractivity contribution >= 4 is 28.5 Å². The molecule has 0 spiro atoms. The van der Waals surface area contributed by atoms with E-state index < -0.39 is 0 Å². The van der Waals surface area contributed by atoms with Gasteiger partial charge in [0, 0.05) is 121 Å². The summed E-state index contributed by atoms with van der Waals surface area (Å²) in [6.45, 7) is 22.3. The zero-order valence-electron chi connectivity index (χ0n) is 39.4. The van der Waals surface area contributed by atoms with Crippen LogP contribution in [0.1, 0.15) is 68.8 Å². The molecule has 0 bridgehead atoms. The summed E-state index contributed by atoms with van der Waals surface area (Å²) in [5.74, 6) is 1.26. The Labute approximate surface area is 374 Å². The van der Waals surface area contributed by atoms with Crippen molar-refractivity contribution in [1.29, 1.82) is 0 Å². The molecule has 0 saturated carbocycles. The number of hydrogen-bond acceptors (Lipinski definition) is 12. The lowest BCUT2D eigenvalue weighted by molar-refractivity contribution is 0.00578. The molecule has 0 atom stereocenters. The van der Waals surface area contributed by atoms with Crippen LogP contribution in [0.5, 0.6) is 11.8 Å². The van der Waals surface area contributed by atoms with Crippen molar-refractivity contribution in [3.8, 4) is 34.0 Å². The largest absolute Gasteiger partial charge is 0.498 e. The van der Waals surface area contributed by atoms with Gasteiger partial charge in [-0.15, -0.1) is 0 Å². The quantitative estimate of drug-likeness (QED) is 0.164. The average Bonchev–Trinajstić information content (AvgIpc) is 3.83. The molecule has 6 aromatic heterocycles. The first kappa shape index (κ1) is 53.0. The van der Waals surface area contributed by atoms with Crippen LogP contribution in [0.3, 0.4) is 0 Å². The first-order valence-electron chi connectivity index (χ1n) is 19.9. The van der Waals surface area contributed by atoms with E-state index in [9.17, 15) is 4.79 Å². The zero-order chi connectivity index (χ0) is 47.1. The summed E-state index contributed by atoms with van der Waals surface area (Å²) >= 11 is 3.26. The smallest absolute Gasteiger partial charge is 0.481 e. The molecular formula is C44H65BBrN9O7. The number of methoxy groups -OCH3 is 2. The number of pyridine rings is 3. The first-order chi connectivity index (χ1) is 29.1. The average molecular weight is 923 g/mol. The van der Waals surface area contributed by atoms with E-state index in [2.05, 4.69) is 80.8 Å². The maximum Gasteiger partial charge on any atom is 0.498 e. The van der Waals surface area contributed by atoms with Gasteiger partial charge in [0.1, 0.15) is 0 Å². The Morgan fingerprint density at radius 2 is 1.11 bits per heavy atom. The molecule has 0 aliphatic carbocycles. The molecule has 0 aromatic carbocycles. The Morgan fingerprint density at radius 3 is 1.45 bits per heavy atom. The van der Waals surface area contributed by atoms with Crippen LogP contribution in [0, 0.1) is 41.5 Å². The van der Waals surface area contributed by atoms with Gasteiger partial charge in [-0.05, 0) is 110 Å². The van der Waals surface area contributed by atoms with Crippen LogP contribution < -0.4 is 20.5 Å². The van der Waals surface area contributed by atoms with Gasteiger partial charge in [-0.1, -0.05) is 0 Å². The van der Waals surface area contributed by atoms with Crippen LogP contribution in [0.2, 0.25) is 0 Å². The molecule has 338 valence electrons. The number of aliphatic hydroxyl groups excluding tert-OH is 2. The van der Waals surface area contributed by atoms with Gasteiger partial charge in [0.15, 0.2) is 0 Å². The number of rotatable bonds is 5. The van der Waals surface area contributed by atoms with Crippen LogP contribution in [0.4, 0.5) is 0 Å². The molecule has 62 heavy (non-hydrogen) atoms. The fourth-order valence-corrected chi connectivity index (χ4v) is 6.41. The van der Waals surface area contributed by atoms with Crippen molar-refractivity contribution in [2.45, 2.75) is 87.4 Å². The van der Waals surface area contributed by atoms with Crippen molar-refractivity contribution in [3.63, 3.8) is 0 Å². The van der Waals surface area contributed by atoms with Crippen molar-refractivity contribution in [3.05, 3.63) is 104 Å². The third kappa shape index (κ3) is 13.7. The Kier molecular flexibility index (Phi) is 20.4. The summed E-state index contributed by atoms with van der Waals surface area (Å²) in [6.07, 6.45) is 5.23. The summed E-state index contributed by atoms with van der Waals surface area (Å²) in [4.78, 5) is 21.8. The minimum atomic E-state index is -0.311. The minimum absolute atomic E-state index is 0.0852. The van der Waals surface area contributed by atoms with Gasteiger partial charge in [-0.3, -0.25) is 18.8 Å². The molecule has 1 aliphatic heterocycles. The van der Waals surface area contributed by atoms with Gasteiger partial charge < -0.3 is 34.0 Å². The lowest BCUT2D eigenvalue weighted by Crippen LogP contribution is -2.41. The molecule has 0 amide bonds. The van der Waals surface area contributed by atoms with E-state index in [1.807, 2.05) is 100 Å². The zero-order valence-corrected chi connectivity index (χ0v) is 41.0. The second kappa shape index (κ2) is 23.9. The second-order valence-corrected chi connectivity index (χ2v) is 15.9. The summed E-state index contributed by atoms with van der Waals surface area (Å²) in [5, 5.41) is 27.7. The van der Waals surface area contributed by atoms with E-state index in [-0.39, 0.29) is 30.5 Å². The lowest BCUT2D eigenvalue weighted by atomic mass is 9.77. The van der Waals surface area contributed by atoms with Crippen LogP contribution in [-0.2, 0) is 30.5 Å². The first-order valence-corrected chi connectivity index (χ1v) is 20.7. The summed E-state index contributed by atoms with van der Waals surface area (Å²) in [7, 11) is 9.70. The molecule has 7 rings (SSSR count). The third-order valence-electron chi connectivity index (χ3n) is 10.3. The van der Waals surface area contributed by atoms with E-state index in [4.69, 9.17) is 29.0 Å². The molecule has 1 fully saturated rings. The molecule has 0 unspecified atom stereocenters. The van der Waals surface area contributed by atoms with E-state index in [1.165, 1.54) is 6.07 Å². The molecule has 3 N–H and O–H groups in total. The van der Waals surface area contributed by atoms with Gasteiger partial charge in [0.25, 0.3) is 0 Å². The number of nitrogens with zero attached hydrogens (tertiary/aromatic N) is 8. The van der Waals surface area contributed by atoms with Crippen molar-refractivity contribution in [2.75, 3.05) is 27.9 Å². The number of aromatic nitrogens is 9. The topological polar surface area (TPSA) is 189 Å². The van der Waals surface area contributed by atoms with Crippen LogP contribution in [0.15, 0.2) is 64.3 Å². The highest BCUT2D eigenvalue weighted by Gasteiger charge is 2.53. The molecule has 1 aliphatic rings. The molecule has 1 saturated heterocycles. The maximum absolute atomic E-state index is 11.0. The Bertz CT molecular complexity index is 2320. The van der Waals surface area contributed by atoms with E-state index in [0.717, 1.165) is 73.5 Å². The number of ether oxygens (including phenoxy) is 2. The summed E-state index contributed by atoms with van der Waals surface area (Å²) in [6, 6.07) is 10.9. The van der Waals surface area contributed by atoms with Gasteiger partial charge in [-0.25, -0.2) is 9.97 Å². The van der Waals surface area contributed by atoms with Gasteiger partial charge in [0.05, 0.1) is 42.5 Å². The molecule has 7 heterocycles. The van der Waals surface area contributed by atoms with Crippen LogP contribution in [-0.4, -0.2) is 101 Å². The molecule has 0 radical (unpaired) electrons. The standard InChI is InChI=1S/C12H21BN2O2.C12H15N3O.C11H13N3O.C6H6BrNO.C2H6O.CH4O/c1-8-10(9(2)15(7)14-8)13-16-11(3,4)12(5,6)17-13;1-8-12(9(2)15(3)14-8)10-5-6-11(16-4)13-7-10;1-7-11(8(2)14(3)13-7)9-4-5-10(15)12-6-9;1-9-6-3-2-5(7)4-8-6;1-2-3;1-2/h1-7H3;5-7H,1-4H3;4-6H,1-3H3,(H,12,15);2-4H,1H3;3H,2H2,1H3;2H,1H3. The second-order valence-electron chi connectivity index (χ2n) is 15.0. The van der Waals surface area contributed by atoms with Gasteiger partial charge >= 0.3 is 7.12 Å². The number of hydrogen-bond donors (Lipinski definition) is 3.